The monoisotopic (exact) mass is 352 g/mol. The van der Waals surface area contributed by atoms with E-state index in [2.05, 4.69) is 4.74 Å². The van der Waals surface area contributed by atoms with Crippen molar-refractivity contribution in [3.63, 3.8) is 0 Å². The third-order valence-corrected chi connectivity index (χ3v) is 3.97. The molecule has 0 radical (unpaired) electrons. The van der Waals surface area contributed by atoms with Crippen LogP contribution < -0.4 is 4.90 Å². The zero-order chi connectivity index (χ0) is 18.8. The van der Waals surface area contributed by atoms with Gasteiger partial charge in [-0.2, -0.15) is 0 Å². The molecule has 0 saturated carbocycles. The Balaban J connectivity index is 2.11. The Hall–Kier alpha value is -2.31. The number of benzene rings is 1. The summed E-state index contributed by atoms with van der Waals surface area (Å²) in [5.74, 6) is -1.32. The van der Waals surface area contributed by atoms with Crippen LogP contribution in [0, 0.1) is 5.82 Å². The summed E-state index contributed by atoms with van der Waals surface area (Å²) in [5, 5.41) is 0. The Morgan fingerprint density at radius 3 is 2.48 bits per heavy atom. The fourth-order valence-electron chi connectivity index (χ4n) is 2.79. The van der Waals surface area contributed by atoms with Crippen LogP contribution in [0.1, 0.15) is 38.1 Å². The van der Waals surface area contributed by atoms with E-state index in [1.165, 1.54) is 19.2 Å². The predicted octanol–water partition coefficient (Wildman–Crippen LogP) is 3.06. The normalized spacial score (nSPS) is 18.1. The molecule has 7 heteroatoms. The van der Waals surface area contributed by atoms with Crippen LogP contribution in [0.25, 0.3) is 0 Å². The molecule has 1 saturated heterocycles. The van der Waals surface area contributed by atoms with Gasteiger partial charge in [-0.1, -0.05) is 0 Å². The number of methoxy groups -OCH3 is 1. The lowest BCUT2D eigenvalue weighted by molar-refractivity contribution is 0.0218. The van der Waals surface area contributed by atoms with Gasteiger partial charge in [-0.3, -0.25) is 0 Å². The van der Waals surface area contributed by atoms with Gasteiger partial charge in [-0.25, -0.2) is 14.0 Å². The highest BCUT2D eigenvalue weighted by Gasteiger charge is 2.30. The Kier molecular flexibility index (Phi) is 5.55. The first-order chi connectivity index (χ1) is 11.6. The van der Waals surface area contributed by atoms with Crippen LogP contribution >= 0.6 is 0 Å². The van der Waals surface area contributed by atoms with Gasteiger partial charge in [0.05, 0.1) is 12.7 Å². The molecule has 6 nitrogen and oxygen atoms in total. The van der Waals surface area contributed by atoms with Crippen molar-refractivity contribution in [1.29, 1.82) is 0 Å². The number of ether oxygens (including phenoxy) is 2. The second-order valence-electron chi connectivity index (χ2n) is 7.12. The summed E-state index contributed by atoms with van der Waals surface area (Å²) < 4.78 is 23.8. The maximum atomic E-state index is 13.8. The SMILES string of the molecule is COC(=O)c1cc(N2CCN(C(=O)OC(C)(C)C)C[C@@H]2C)ccc1F. The molecule has 1 amide bonds. The van der Waals surface area contributed by atoms with E-state index in [1.807, 2.05) is 32.6 Å². The van der Waals surface area contributed by atoms with E-state index in [1.54, 1.807) is 11.0 Å². The number of anilines is 1. The number of carbonyl (C=O) groups excluding carboxylic acids is 2. The second-order valence-corrected chi connectivity index (χ2v) is 7.12. The fourth-order valence-corrected chi connectivity index (χ4v) is 2.79. The van der Waals surface area contributed by atoms with Crippen molar-refractivity contribution in [2.24, 2.45) is 0 Å². The molecule has 1 atom stereocenters. The summed E-state index contributed by atoms with van der Waals surface area (Å²) in [7, 11) is 1.22. The van der Waals surface area contributed by atoms with Crippen molar-refractivity contribution >= 4 is 17.7 Å². The van der Waals surface area contributed by atoms with E-state index in [0.717, 1.165) is 5.69 Å². The Bertz CT molecular complexity index is 657. The molecule has 1 aliphatic heterocycles. The zero-order valence-electron chi connectivity index (χ0n) is 15.3. The Morgan fingerprint density at radius 1 is 1.24 bits per heavy atom. The topological polar surface area (TPSA) is 59.1 Å². The smallest absolute Gasteiger partial charge is 0.410 e. The number of rotatable bonds is 2. The minimum absolute atomic E-state index is 0.00257. The van der Waals surface area contributed by atoms with Crippen LogP contribution in [-0.2, 0) is 9.47 Å². The molecule has 2 rings (SSSR count). The van der Waals surface area contributed by atoms with Crippen LogP contribution in [0.5, 0.6) is 0 Å². The first-order valence-corrected chi connectivity index (χ1v) is 8.25. The summed E-state index contributed by atoms with van der Waals surface area (Å²) in [4.78, 5) is 27.6. The number of esters is 1. The summed E-state index contributed by atoms with van der Waals surface area (Å²) >= 11 is 0. The van der Waals surface area contributed by atoms with Gasteiger partial charge in [0.25, 0.3) is 0 Å². The standard InChI is InChI=1S/C18H25FN2O4/c1-12-11-20(17(23)25-18(2,3)4)8-9-21(12)13-6-7-15(19)14(10-13)16(22)24-5/h6-7,10,12H,8-9,11H2,1-5H3/t12-/m0/s1. The van der Waals surface area contributed by atoms with Gasteiger partial charge >= 0.3 is 12.1 Å². The fraction of sp³-hybridized carbons (Fsp3) is 0.556. The van der Waals surface area contributed by atoms with Gasteiger partial charge in [-0.15, -0.1) is 0 Å². The number of piperazine rings is 1. The lowest BCUT2D eigenvalue weighted by Crippen LogP contribution is -2.54. The Morgan fingerprint density at radius 2 is 1.92 bits per heavy atom. The third-order valence-electron chi connectivity index (χ3n) is 3.97. The summed E-state index contributed by atoms with van der Waals surface area (Å²) in [5.41, 5.74) is 0.0870. The first kappa shape index (κ1) is 19.0. The summed E-state index contributed by atoms with van der Waals surface area (Å²) in [6, 6.07) is 4.37. The van der Waals surface area contributed by atoms with Crippen molar-refractivity contribution in [1.82, 2.24) is 4.90 Å². The van der Waals surface area contributed by atoms with Crippen molar-refractivity contribution in [2.75, 3.05) is 31.6 Å². The lowest BCUT2D eigenvalue weighted by Gasteiger charge is -2.41. The van der Waals surface area contributed by atoms with Gasteiger partial charge in [-0.05, 0) is 45.9 Å². The number of halogens is 1. The van der Waals surface area contributed by atoms with Gasteiger partial charge in [0.15, 0.2) is 0 Å². The maximum absolute atomic E-state index is 13.8. The van der Waals surface area contributed by atoms with E-state index in [-0.39, 0.29) is 17.7 Å². The number of nitrogens with zero attached hydrogens (tertiary/aromatic N) is 2. The average Bonchev–Trinajstić information content (AvgIpc) is 2.53. The Labute approximate surface area is 147 Å². The molecule has 1 fully saturated rings. The van der Waals surface area contributed by atoms with Crippen molar-refractivity contribution in [3.05, 3.63) is 29.6 Å². The van der Waals surface area contributed by atoms with E-state index >= 15 is 0 Å². The van der Waals surface area contributed by atoms with Gasteiger partial charge < -0.3 is 19.3 Å². The molecular weight excluding hydrogens is 327 g/mol. The minimum Gasteiger partial charge on any atom is -0.465 e. The van der Waals surface area contributed by atoms with Crippen LogP contribution in [0.15, 0.2) is 18.2 Å². The number of amides is 1. The van der Waals surface area contributed by atoms with Crippen molar-refractivity contribution in [3.8, 4) is 0 Å². The molecule has 0 bridgehead atoms. The summed E-state index contributed by atoms with van der Waals surface area (Å²) in [6.45, 7) is 9.00. The number of carbonyl (C=O) groups is 2. The van der Waals surface area contributed by atoms with Crippen LogP contribution in [0.3, 0.4) is 0 Å². The third kappa shape index (κ3) is 4.61. The number of hydrogen-bond donors (Lipinski definition) is 0. The number of hydrogen-bond acceptors (Lipinski definition) is 5. The maximum Gasteiger partial charge on any atom is 0.410 e. The van der Waals surface area contributed by atoms with Gasteiger partial charge in [0.1, 0.15) is 11.4 Å². The lowest BCUT2D eigenvalue weighted by atomic mass is 10.1. The highest BCUT2D eigenvalue weighted by molar-refractivity contribution is 5.90. The zero-order valence-corrected chi connectivity index (χ0v) is 15.3. The van der Waals surface area contributed by atoms with Crippen LogP contribution in [0.4, 0.5) is 14.9 Å². The molecule has 0 aliphatic carbocycles. The van der Waals surface area contributed by atoms with E-state index in [0.29, 0.717) is 19.6 Å². The molecule has 1 aliphatic rings. The van der Waals surface area contributed by atoms with E-state index in [4.69, 9.17) is 4.74 Å². The molecule has 0 unspecified atom stereocenters. The molecule has 0 spiro atoms. The van der Waals surface area contributed by atoms with Crippen LogP contribution in [-0.4, -0.2) is 55.3 Å². The summed E-state index contributed by atoms with van der Waals surface area (Å²) in [6.07, 6.45) is -0.339. The highest BCUT2D eigenvalue weighted by atomic mass is 19.1. The van der Waals surface area contributed by atoms with E-state index < -0.39 is 17.4 Å². The van der Waals surface area contributed by atoms with Crippen molar-refractivity contribution < 1.29 is 23.5 Å². The van der Waals surface area contributed by atoms with E-state index in [9.17, 15) is 14.0 Å². The molecule has 1 aromatic rings. The molecule has 25 heavy (non-hydrogen) atoms. The molecular formula is C18H25FN2O4. The first-order valence-electron chi connectivity index (χ1n) is 8.25. The molecule has 0 aromatic heterocycles. The minimum atomic E-state index is -0.709. The quantitative estimate of drug-likeness (QED) is 0.766. The molecule has 0 N–H and O–H groups in total. The molecule has 1 heterocycles. The molecule has 138 valence electrons. The average molecular weight is 352 g/mol. The largest absolute Gasteiger partial charge is 0.465 e. The van der Waals surface area contributed by atoms with Crippen molar-refractivity contribution in [2.45, 2.75) is 39.3 Å². The second kappa shape index (κ2) is 7.29. The van der Waals surface area contributed by atoms with Gasteiger partial charge in [0.2, 0.25) is 0 Å². The van der Waals surface area contributed by atoms with Gasteiger partial charge in [0, 0.05) is 31.4 Å². The predicted molar refractivity (Wildman–Crippen MR) is 92.4 cm³/mol. The van der Waals surface area contributed by atoms with Crippen LogP contribution in [0.2, 0.25) is 0 Å². The molecule has 1 aromatic carbocycles. The highest BCUT2D eigenvalue weighted by Crippen LogP contribution is 2.24.